The van der Waals surface area contributed by atoms with Gasteiger partial charge in [-0.15, -0.1) is 0 Å². The lowest BCUT2D eigenvalue weighted by atomic mass is 10.2. The summed E-state index contributed by atoms with van der Waals surface area (Å²) in [5.74, 6) is 1.33. The highest BCUT2D eigenvalue weighted by atomic mass is 19.1. The average Bonchev–Trinajstić information content (AvgIpc) is 3.23. The van der Waals surface area contributed by atoms with Gasteiger partial charge in [0.05, 0.1) is 13.2 Å². The van der Waals surface area contributed by atoms with Gasteiger partial charge in [0.1, 0.15) is 22.9 Å². The van der Waals surface area contributed by atoms with Gasteiger partial charge in [-0.2, -0.15) is 0 Å². The number of anilines is 1. The number of benzene rings is 2. The maximum Gasteiger partial charge on any atom is 0.321 e. The van der Waals surface area contributed by atoms with Crippen molar-refractivity contribution in [2.24, 2.45) is 0 Å². The second kappa shape index (κ2) is 10.1. The first kappa shape index (κ1) is 22.8. The number of piperazine rings is 1. The van der Waals surface area contributed by atoms with Crippen molar-refractivity contribution in [2.75, 3.05) is 38.1 Å². The van der Waals surface area contributed by atoms with E-state index in [0.29, 0.717) is 45.0 Å². The number of hydrogen-bond acceptors (Lipinski definition) is 5. The number of aromatic nitrogens is 3. The molecule has 2 aromatic heterocycles. The molecule has 0 radical (unpaired) electrons. The SMILES string of the molecule is CCOc1ccc(-n2c(CN3CCN(C(=O)Nc4cccc(F)c4)CC3)nc3cccnc32)cc1. The molecule has 2 aromatic carbocycles. The average molecular weight is 475 g/mol. The van der Waals surface area contributed by atoms with Gasteiger partial charge in [-0.3, -0.25) is 9.47 Å². The predicted octanol–water partition coefficient (Wildman–Crippen LogP) is 4.31. The van der Waals surface area contributed by atoms with Gasteiger partial charge in [0.2, 0.25) is 0 Å². The third-order valence-corrected chi connectivity index (χ3v) is 5.99. The highest BCUT2D eigenvalue weighted by molar-refractivity contribution is 5.89. The predicted molar refractivity (Wildman–Crippen MR) is 132 cm³/mol. The Bertz CT molecular complexity index is 1320. The fraction of sp³-hybridized carbons (Fsp3) is 0.269. The highest BCUT2D eigenvalue weighted by Gasteiger charge is 2.23. The number of imidazole rings is 1. The van der Waals surface area contributed by atoms with Crippen molar-refractivity contribution in [1.82, 2.24) is 24.3 Å². The Morgan fingerprint density at radius 1 is 1.06 bits per heavy atom. The number of amides is 2. The Hall–Kier alpha value is -3.98. The molecule has 2 amide bonds. The van der Waals surface area contributed by atoms with Crippen molar-refractivity contribution < 1.29 is 13.9 Å². The lowest BCUT2D eigenvalue weighted by Gasteiger charge is -2.34. The summed E-state index contributed by atoms with van der Waals surface area (Å²) in [6.07, 6.45) is 1.77. The van der Waals surface area contributed by atoms with Gasteiger partial charge in [0, 0.05) is 43.8 Å². The van der Waals surface area contributed by atoms with Crippen molar-refractivity contribution in [2.45, 2.75) is 13.5 Å². The maximum absolute atomic E-state index is 13.4. The number of carbonyl (C=O) groups excluding carboxylic acids is 1. The first-order valence-corrected chi connectivity index (χ1v) is 11.7. The van der Waals surface area contributed by atoms with Crippen LogP contribution in [0.2, 0.25) is 0 Å². The molecule has 1 saturated heterocycles. The minimum absolute atomic E-state index is 0.221. The molecule has 1 fully saturated rings. The molecule has 0 bridgehead atoms. The lowest BCUT2D eigenvalue weighted by Crippen LogP contribution is -2.49. The zero-order chi connectivity index (χ0) is 24.2. The topological polar surface area (TPSA) is 75.5 Å². The van der Waals surface area contributed by atoms with Gasteiger partial charge in [-0.05, 0) is 61.5 Å². The van der Waals surface area contributed by atoms with E-state index in [0.717, 1.165) is 28.4 Å². The minimum atomic E-state index is -0.377. The third-order valence-electron chi connectivity index (χ3n) is 5.99. The molecule has 3 heterocycles. The quantitative estimate of drug-likeness (QED) is 0.451. The largest absolute Gasteiger partial charge is 0.494 e. The van der Waals surface area contributed by atoms with Crippen molar-refractivity contribution >= 4 is 22.9 Å². The molecule has 0 saturated carbocycles. The third kappa shape index (κ3) is 5.09. The number of pyridine rings is 1. The van der Waals surface area contributed by atoms with Crippen LogP contribution in [0.25, 0.3) is 16.9 Å². The fourth-order valence-corrected chi connectivity index (χ4v) is 4.27. The number of rotatable bonds is 6. The second-order valence-corrected chi connectivity index (χ2v) is 8.34. The first-order chi connectivity index (χ1) is 17.1. The smallest absolute Gasteiger partial charge is 0.321 e. The number of fused-ring (bicyclic) bond motifs is 1. The number of hydrogen-bond donors (Lipinski definition) is 1. The van der Waals surface area contributed by atoms with Crippen LogP contribution in [0.3, 0.4) is 0 Å². The molecule has 5 rings (SSSR count). The number of nitrogens with zero attached hydrogens (tertiary/aromatic N) is 5. The number of carbonyl (C=O) groups is 1. The minimum Gasteiger partial charge on any atom is -0.494 e. The molecular weight excluding hydrogens is 447 g/mol. The van der Waals surface area contributed by atoms with Crippen LogP contribution in [-0.2, 0) is 6.54 Å². The molecule has 0 spiro atoms. The Labute approximate surface area is 203 Å². The van der Waals surface area contributed by atoms with E-state index in [4.69, 9.17) is 9.72 Å². The molecule has 1 N–H and O–H groups in total. The zero-order valence-electron chi connectivity index (χ0n) is 19.5. The van der Waals surface area contributed by atoms with E-state index in [1.807, 2.05) is 43.3 Å². The Morgan fingerprint density at radius 2 is 1.86 bits per heavy atom. The van der Waals surface area contributed by atoms with Gasteiger partial charge in [-0.1, -0.05) is 6.07 Å². The fourth-order valence-electron chi connectivity index (χ4n) is 4.27. The van der Waals surface area contributed by atoms with E-state index >= 15 is 0 Å². The monoisotopic (exact) mass is 474 g/mol. The molecule has 180 valence electrons. The van der Waals surface area contributed by atoms with Crippen LogP contribution in [0.1, 0.15) is 12.7 Å². The zero-order valence-corrected chi connectivity index (χ0v) is 19.5. The van der Waals surface area contributed by atoms with Crippen molar-refractivity contribution in [3.05, 3.63) is 78.5 Å². The van der Waals surface area contributed by atoms with Crippen LogP contribution in [0.4, 0.5) is 14.9 Å². The summed E-state index contributed by atoms with van der Waals surface area (Å²) in [4.78, 5) is 26.1. The van der Waals surface area contributed by atoms with E-state index in [1.165, 1.54) is 12.1 Å². The van der Waals surface area contributed by atoms with E-state index in [9.17, 15) is 9.18 Å². The molecule has 9 heteroatoms. The standard InChI is InChI=1S/C26H27FN6O2/c1-2-35-22-10-8-21(9-11-22)33-24(30-23-7-4-12-28-25(23)33)18-31-13-15-32(16-14-31)26(34)29-20-6-3-5-19(27)17-20/h3-12,17H,2,13-16,18H2,1H3,(H,29,34). The molecule has 0 aliphatic carbocycles. The summed E-state index contributed by atoms with van der Waals surface area (Å²) in [7, 11) is 0. The molecular formula is C26H27FN6O2. The molecule has 1 aliphatic rings. The Morgan fingerprint density at radius 3 is 2.60 bits per heavy atom. The lowest BCUT2D eigenvalue weighted by molar-refractivity contribution is 0.140. The molecule has 1 aliphatic heterocycles. The summed E-state index contributed by atoms with van der Waals surface area (Å²) in [6.45, 7) is 5.76. The van der Waals surface area contributed by atoms with E-state index in [1.54, 1.807) is 23.2 Å². The highest BCUT2D eigenvalue weighted by Crippen LogP contribution is 2.23. The van der Waals surface area contributed by atoms with Gasteiger partial charge < -0.3 is 15.0 Å². The summed E-state index contributed by atoms with van der Waals surface area (Å²) >= 11 is 0. The summed E-state index contributed by atoms with van der Waals surface area (Å²) in [6, 6.07) is 17.5. The van der Waals surface area contributed by atoms with Crippen molar-refractivity contribution in [3.8, 4) is 11.4 Å². The van der Waals surface area contributed by atoms with E-state index in [-0.39, 0.29) is 11.8 Å². The van der Waals surface area contributed by atoms with E-state index in [2.05, 4.69) is 19.8 Å². The van der Waals surface area contributed by atoms with Gasteiger partial charge in [0.15, 0.2) is 5.65 Å². The van der Waals surface area contributed by atoms with Crippen LogP contribution in [0, 0.1) is 5.82 Å². The van der Waals surface area contributed by atoms with Gasteiger partial charge in [0.25, 0.3) is 0 Å². The molecule has 4 aromatic rings. The number of halogens is 1. The molecule has 0 atom stereocenters. The summed E-state index contributed by atoms with van der Waals surface area (Å²) < 4.78 is 21.1. The Kier molecular flexibility index (Phi) is 6.58. The van der Waals surface area contributed by atoms with Crippen LogP contribution in [-0.4, -0.2) is 63.2 Å². The molecule has 8 nitrogen and oxygen atoms in total. The summed E-state index contributed by atoms with van der Waals surface area (Å²) in [5.41, 5.74) is 3.07. The number of nitrogens with one attached hydrogen (secondary N) is 1. The normalized spacial score (nSPS) is 14.3. The number of urea groups is 1. The van der Waals surface area contributed by atoms with Crippen LogP contribution >= 0.6 is 0 Å². The maximum atomic E-state index is 13.4. The first-order valence-electron chi connectivity index (χ1n) is 11.7. The second-order valence-electron chi connectivity index (χ2n) is 8.34. The van der Waals surface area contributed by atoms with Gasteiger partial charge in [-0.25, -0.2) is 19.2 Å². The molecule has 0 unspecified atom stereocenters. The van der Waals surface area contributed by atoms with Crippen molar-refractivity contribution in [3.63, 3.8) is 0 Å². The number of ether oxygens (including phenoxy) is 1. The van der Waals surface area contributed by atoms with Crippen LogP contribution in [0.5, 0.6) is 5.75 Å². The molecule has 35 heavy (non-hydrogen) atoms. The van der Waals surface area contributed by atoms with Gasteiger partial charge >= 0.3 is 6.03 Å². The summed E-state index contributed by atoms with van der Waals surface area (Å²) in [5, 5.41) is 2.77. The van der Waals surface area contributed by atoms with Crippen LogP contribution < -0.4 is 10.1 Å². The van der Waals surface area contributed by atoms with Crippen LogP contribution in [0.15, 0.2) is 66.9 Å². The Balaban J connectivity index is 1.29. The van der Waals surface area contributed by atoms with Crippen molar-refractivity contribution in [1.29, 1.82) is 0 Å². The van der Waals surface area contributed by atoms with E-state index < -0.39 is 0 Å².